The van der Waals surface area contributed by atoms with Gasteiger partial charge in [-0.25, -0.2) is 9.78 Å². The standard InChI is InChI=1S/C26H25N3O5S/c30-23(29-12-11-16(14-29)24(31)32)10-9-17-13-27-25(35-17)28-26(33)34-15-22-20-7-3-1-5-18(20)19-6-2-4-8-21(19)22/h1-8,13,16,22H,9-12,14-15H2,(H,31,32)(H,27,28,33). The van der Waals surface area contributed by atoms with Gasteiger partial charge in [-0.1, -0.05) is 48.5 Å². The van der Waals surface area contributed by atoms with E-state index in [-0.39, 0.29) is 31.4 Å². The predicted molar refractivity (Wildman–Crippen MR) is 131 cm³/mol. The molecule has 1 aliphatic heterocycles. The summed E-state index contributed by atoms with van der Waals surface area (Å²) in [5.41, 5.74) is 4.64. The van der Waals surface area contributed by atoms with E-state index >= 15 is 0 Å². The largest absolute Gasteiger partial charge is 0.481 e. The van der Waals surface area contributed by atoms with Crippen LogP contribution in [-0.2, 0) is 20.7 Å². The molecule has 2 aliphatic rings. The molecule has 2 aromatic carbocycles. The summed E-state index contributed by atoms with van der Waals surface area (Å²) in [6.07, 6.45) is 2.33. The summed E-state index contributed by atoms with van der Waals surface area (Å²) in [5, 5.41) is 12.2. The van der Waals surface area contributed by atoms with Crippen molar-refractivity contribution in [2.75, 3.05) is 25.0 Å². The minimum absolute atomic E-state index is 0.0164. The van der Waals surface area contributed by atoms with Crippen molar-refractivity contribution in [1.82, 2.24) is 9.88 Å². The van der Waals surface area contributed by atoms with Crippen LogP contribution in [0.2, 0.25) is 0 Å². The van der Waals surface area contributed by atoms with Crippen molar-refractivity contribution in [2.45, 2.75) is 25.2 Å². The highest BCUT2D eigenvalue weighted by Gasteiger charge is 2.31. The lowest BCUT2D eigenvalue weighted by atomic mass is 9.98. The lowest BCUT2D eigenvalue weighted by Gasteiger charge is -2.15. The second-order valence-electron chi connectivity index (χ2n) is 8.75. The number of benzene rings is 2. The SMILES string of the molecule is O=C(Nc1ncc(CCC(=O)N2CCC(C(=O)O)C2)s1)OCC1c2ccccc2-c2ccccc21. The number of thiazole rings is 1. The van der Waals surface area contributed by atoms with E-state index in [1.165, 1.54) is 22.5 Å². The van der Waals surface area contributed by atoms with Gasteiger partial charge in [0.1, 0.15) is 6.61 Å². The fourth-order valence-corrected chi connectivity index (χ4v) is 5.58. The number of aromatic nitrogens is 1. The first-order valence-electron chi connectivity index (χ1n) is 11.6. The minimum atomic E-state index is -0.855. The van der Waals surface area contributed by atoms with E-state index in [9.17, 15) is 14.4 Å². The molecule has 5 rings (SSSR count). The first-order chi connectivity index (χ1) is 17.0. The van der Waals surface area contributed by atoms with Crippen LogP contribution in [0.5, 0.6) is 0 Å². The third kappa shape index (κ3) is 4.90. The molecule has 180 valence electrons. The summed E-state index contributed by atoms with van der Waals surface area (Å²) in [6.45, 7) is 0.971. The average molecular weight is 492 g/mol. The Hall–Kier alpha value is -3.72. The molecule has 3 aromatic rings. The number of hydrogen-bond donors (Lipinski definition) is 2. The van der Waals surface area contributed by atoms with Crippen LogP contribution in [-0.4, -0.2) is 52.7 Å². The number of likely N-dealkylation sites (tertiary alicyclic amines) is 1. The van der Waals surface area contributed by atoms with Crippen LogP contribution in [0.15, 0.2) is 54.7 Å². The molecule has 2 heterocycles. The Bertz CT molecular complexity index is 1230. The maximum atomic E-state index is 12.5. The Morgan fingerprint density at radius 3 is 2.43 bits per heavy atom. The number of anilines is 1. The van der Waals surface area contributed by atoms with Gasteiger partial charge in [0.25, 0.3) is 0 Å². The number of aryl methyl sites for hydroxylation is 1. The molecule has 35 heavy (non-hydrogen) atoms. The van der Waals surface area contributed by atoms with E-state index in [1.807, 2.05) is 24.3 Å². The van der Waals surface area contributed by atoms with Gasteiger partial charge in [0, 0.05) is 36.5 Å². The highest BCUT2D eigenvalue weighted by Crippen LogP contribution is 2.44. The molecular formula is C26H25N3O5S. The number of fused-ring (bicyclic) bond motifs is 3. The molecule has 1 saturated heterocycles. The molecule has 1 fully saturated rings. The van der Waals surface area contributed by atoms with Crippen LogP contribution < -0.4 is 5.32 Å². The topological polar surface area (TPSA) is 109 Å². The van der Waals surface area contributed by atoms with Gasteiger partial charge in [0.05, 0.1) is 5.92 Å². The van der Waals surface area contributed by atoms with Crippen molar-refractivity contribution >= 4 is 34.4 Å². The van der Waals surface area contributed by atoms with E-state index < -0.39 is 18.0 Å². The number of nitrogens with zero attached hydrogens (tertiary/aromatic N) is 2. The lowest BCUT2D eigenvalue weighted by molar-refractivity contribution is -0.141. The molecule has 1 aliphatic carbocycles. The van der Waals surface area contributed by atoms with Gasteiger partial charge in [-0.15, -0.1) is 11.3 Å². The van der Waals surface area contributed by atoms with Crippen LogP contribution >= 0.6 is 11.3 Å². The van der Waals surface area contributed by atoms with Crippen LogP contribution in [0.25, 0.3) is 11.1 Å². The van der Waals surface area contributed by atoms with Crippen LogP contribution in [0, 0.1) is 5.92 Å². The fourth-order valence-electron chi connectivity index (χ4n) is 4.78. The minimum Gasteiger partial charge on any atom is -0.481 e. The second kappa shape index (κ2) is 9.87. The lowest BCUT2D eigenvalue weighted by Crippen LogP contribution is -2.30. The number of carboxylic acid groups (broad SMARTS) is 1. The van der Waals surface area contributed by atoms with Crippen molar-refractivity contribution in [1.29, 1.82) is 0 Å². The van der Waals surface area contributed by atoms with Gasteiger partial charge in [0.15, 0.2) is 5.13 Å². The molecule has 2 amide bonds. The zero-order chi connectivity index (χ0) is 24.4. The van der Waals surface area contributed by atoms with Crippen molar-refractivity contribution in [3.8, 4) is 11.1 Å². The molecule has 1 aromatic heterocycles. The van der Waals surface area contributed by atoms with Crippen LogP contribution in [0.4, 0.5) is 9.93 Å². The van der Waals surface area contributed by atoms with Gasteiger partial charge in [-0.3, -0.25) is 14.9 Å². The zero-order valence-electron chi connectivity index (χ0n) is 19.0. The molecule has 0 spiro atoms. The first-order valence-corrected chi connectivity index (χ1v) is 12.4. The fraction of sp³-hybridized carbons (Fsp3) is 0.308. The Kier molecular flexibility index (Phi) is 6.50. The Morgan fingerprint density at radius 1 is 1.09 bits per heavy atom. The number of rotatable bonds is 7. The van der Waals surface area contributed by atoms with E-state index in [4.69, 9.17) is 9.84 Å². The molecule has 0 bridgehead atoms. The first kappa shape index (κ1) is 23.0. The van der Waals surface area contributed by atoms with Gasteiger partial charge in [-0.2, -0.15) is 0 Å². The quantitative estimate of drug-likeness (QED) is 0.508. The molecule has 1 atom stereocenters. The summed E-state index contributed by atoms with van der Waals surface area (Å²) in [6, 6.07) is 16.3. The third-order valence-corrected chi connectivity index (χ3v) is 7.55. The summed E-state index contributed by atoms with van der Waals surface area (Å²) >= 11 is 1.30. The molecule has 2 N–H and O–H groups in total. The number of carbonyl (C=O) groups excluding carboxylic acids is 2. The number of carbonyl (C=O) groups is 3. The molecule has 1 unspecified atom stereocenters. The second-order valence-corrected chi connectivity index (χ2v) is 9.86. The summed E-state index contributed by atoms with van der Waals surface area (Å²) < 4.78 is 5.56. The molecular weight excluding hydrogens is 466 g/mol. The summed E-state index contributed by atoms with van der Waals surface area (Å²) in [5.74, 6) is -1.41. The van der Waals surface area contributed by atoms with E-state index in [0.29, 0.717) is 24.5 Å². The number of aliphatic carboxylic acids is 1. The van der Waals surface area contributed by atoms with Crippen molar-refractivity contribution in [3.05, 3.63) is 70.7 Å². The van der Waals surface area contributed by atoms with Gasteiger partial charge < -0.3 is 14.7 Å². The highest BCUT2D eigenvalue weighted by atomic mass is 32.1. The van der Waals surface area contributed by atoms with Crippen LogP contribution in [0.3, 0.4) is 0 Å². The van der Waals surface area contributed by atoms with E-state index in [1.54, 1.807) is 11.1 Å². The predicted octanol–water partition coefficient (Wildman–Crippen LogP) is 4.37. The van der Waals surface area contributed by atoms with E-state index in [2.05, 4.69) is 34.6 Å². The average Bonchev–Trinajstić information content (AvgIpc) is 3.59. The molecule has 8 nitrogen and oxygen atoms in total. The number of amides is 2. The Morgan fingerprint density at radius 2 is 1.77 bits per heavy atom. The van der Waals surface area contributed by atoms with Crippen LogP contribution in [0.1, 0.15) is 34.8 Å². The number of nitrogens with one attached hydrogen (secondary N) is 1. The van der Waals surface area contributed by atoms with Crippen molar-refractivity contribution in [2.24, 2.45) is 5.92 Å². The molecule has 0 radical (unpaired) electrons. The van der Waals surface area contributed by atoms with Crippen molar-refractivity contribution in [3.63, 3.8) is 0 Å². The third-order valence-electron chi connectivity index (χ3n) is 6.58. The summed E-state index contributed by atoms with van der Waals surface area (Å²) in [4.78, 5) is 42.6. The van der Waals surface area contributed by atoms with Gasteiger partial charge >= 0.3 is 12.1 Å². The van der Waals surface area contributed by atoms with Gasteiger partial charge in [-0.05, 0) is 35.1 Å². The van der Waals surface area contributed by atoms with E-state index in [0.717, 1.165) is 16.0 Å². The number of carboxylic acids is 1. The number of hydrogen-bond acceptors (Lipinski definition) is 6. The molecule has 0 saturated carbocycles. The highest BCUT2D eigenvalue weighted by molar-refractivity contribution is 7.15. The maximum absolute atomic E-state index is 12.5. The molecule has 9 heteroatoms. The number of ether oxygens (including phenoxy) is 1. The smallest absolute Gasteiger partial charge is 0.413 e. The monoisotopic (exact) mass is 491 g/mol. The normalized spacial score (nSPS) is 16.6. The summed E-state index contributed by atoms with van der Waals surface area (Å²) in [7, 11) is 0. The van der Waals surface area contributed by atoms with Crippen molar-refractivity contribution < 1.29 is 24.2 Å². The maximum Gasteiger partial charge on any atom is 0.413 e. The Labute approximate surface area is 206 Å². The van der Waals surface area contributed by atoms with Gasteiger partial charge in [0.2, 0.25) is 5.91 Å². The zero-order valence-corrected chi connectivity index (χ0v) is 19.8. The Balaban J connectivity index is 1.12.